The van der Waals surface area contributed by atoms with Crippen molar-refractivity contribution in [2.75, 3.05) is 50.7 Å². The highest BCUT2D eigenvalue weighted by Gasteiger charge is 2.36. The van der Waals surface area contributed by atoms with Crippen LogP contribution in [0, 0.1) is 24.0 Å². The minimum absolute atomic E-state index is 0.0366. The predicted molar refractivity (Wildman–Crippen MR) is 295 cm³/mol. The number of likely N-dealkylation sites (tertiary alicyclic amines) is 2. The molecule has 0 radical (unpaired) electrons. The Morgan fingerprint density at radius 1 is 0.857 bits per heavy atom. The van der Waals surface area contributed by atoms with Crippen LogP contribution in [0.1, 0.15) is 145 Å². The molecule has 6 aromatic rings. The molecule has 15 nitrogen and oxygen atoms in total. The van der Waals surface area contributed by atoms with Gasteiger partial charge in [-0.3, -0.25) is 29.4 Å². The molecular weight excluding hydrogens is 979 g/mol. The lowest BCUT2D eigenvalue weighted by molar-refractivity contribution is -0.134. The van der Waals surface area contributed by atoms with E-state index in [-0.39, 0.29) is 63.3 Å². The molecule has 0 saturated carbocycles. The van der Waals surface area contributed by atoms with Gasteiger partial charge in [-0.15, -0.1) is 6.42 Å². The maximum Gasteiger partial charge on any atom is 0.319 e. The van der Waals surface area contributed by atoms with Crippen LogP contribution in [0.2, 0.25) is 0 Å². The highest BCUT2D eigenvalue weighted by Crippen LogP contribution is 2.40. The van der Waals surface area contributed by atoms with Crippen LogP contribution in [0.3, 0.4) is 0 Å². The van der Waals surface area contributed by atoms with Crippen LogP contribution in [-0.4, -0.2) is 121 Å². The summed E-state index contributed by atoms with van der Waals surface area (Å²) in [5.74, 6) is 1.20. The van der Waals surface area contributed by atoms with Gasteiger partial charge in [0.15, 0.2) is 5.82 Å². The highest BCUT2D eigenvalue weighted by molar-refractivity contribution is 6.04. The van der Waals surface area contributed by atoms with Gasteiger partial charge in [-0.05, 0) is 105 Å². The zero-order valence-electron chi connectivity index (χ0n) is 44.8. The molecule has 5 aliphatic rings. The third-order valence-electron chi connectivity index (χ3n) is 16.6. The van der Waals surface area contributed by atoms with Crippen molar-refractivity contribution in [3.05, 3.63) is 77.1 Å². The zero-order chi connectivity index (χ0) is 53.7. The molecule has 2 bridgehead atoms. The first-order valence-corrected chi connectivity index (χ1v) is 28.2. The van der Waals surface area contributed by atoms with E-state index < -0.39 is 17.6 Å². The number of unbranched alkanes of at least 4 members (excludes halogenated alkanes) is 6. The van der Waals surface area contributed by atoms with Gasteiger partial charge in [0, 0.05) is 93.8 Å². The number of piperazine rings is 1. The van der Waals surface area contributed by atoms with E-state index in [1.807, 2.05) is 30.5 Å². The van der Waals surface area contributed by atoms with Gasteiger partial charge in [-0.1, -0.05) is 70.1 Å². The second-order valence-electron chi connectivity index (χ2n) is 21.5. The number of phenols is 1. The van der Waals surface area contributed by atoms with Crippen LogP contribution in [0.4, 0.5) is 14.6 Å². The first kappa shape index (κ1) is 53.6. The number of phenolic OH excluding ortho intramolecular Hbond substituents is 1. The van der Waals surface area contributed by atoms with Crippen molar-refractivity contribution >= 4 is 56.1 Å². The number of carbonyl (C=O) groups is 3. The Morgan fingerprint density at radius 2 is 1.58 bits per heavy atom. The van der Waals surface area contributed by atoms with Gasteiger partial charge in [0.05, 0.1) is 28.1 Å². The number of terminal acetylenes is 1. The molecule has 5 aliphatic heterocycles. The number of fused-ring (bicyclic) bond motifs is 5. The van der Waals surface area contributed by atoms with Crippen molar-refractivity contribution < 1.29 is 33.0 Å². The van der Waals surface area contributed by atoms with Crippen LogP contribution in [0.25, 0.3) is 43.8 Å². The van der Waals surface area contributed by atoms with Crippen molar-refractivity contribution in [3.63, 3.8) is 0 Å². The van der Waals surface area contributed by atoms with Gasteiger partial charge >= 0.3 is 6.01 Å². The van der Waals surface area contributed by atoms with Gasteiger partial charge in [0.1, 0.15) is 34.7 Å². The van der Waals surface area contributed by atoms with E-state index in [1.54, 1.807) is 6.20 Å². The molecule has 5 saturated heterocycles. The number of imide groups is 1. The first-order valence-electron chi connectivity index (χ1n) is 28.2. The fourth-order valence-corrected chi connectivity index (χ4v) is 12.5. The van der Waals surface area contributed by atoms with Gasteiger partial charge in [-0.25, -0.2) is 8.78 Å². The average molecular weight is 1050 g/mol. The minimum atomic E-state index is -0.726. The number of ether oxygens (including phenoxy) is 1. The number of pyridine rings is 1. The summed E-state index contributed by atoms with van der Waals surface area (Å²) in [4.78, 5) is 58.4. The van der Waals surface area contributed by atoms with Crippen LogP contribution in [0.15, 0.2) is 48.7 Å². The van der Waals surface area contributed by atoms with Gasteiger partial charge in [0.25, 0.3) is 0 Å². The summed E-state index contributed by atoms with van der Waals surface area (Å²) >= 11 is 0. The molecule has 3 aromatic carbocycles. The summed E-state index contributed by atoms with van der Waals surface area (Å²) in [6, 6.07) is 12.7. The van der Waals surface area contributed by atoms with Gasteiger partial charge in [0.2, 0.25) is 17.7 Å². The topological polar surface area (TPSA) is 171 Å². The molecule has 5 fully saturated rings. The Hall–Kier alpha value is -6.77. The van der Waals surface area contributed by atoms with Crippen molar-refractivity contribution in [2.24, 2.45) is 7.05 Å². The van der Waals surface area contributed by atoms with Gasteiger partial charge in [-0.2, -0.15) is 15.1 Å². The Morgan fingerprint density at radius 3 is 2.31 bits per heavy atom. The lowest BCUT2D eigenvalue weighted by atomic mass is 9.87. The third kappa shape index (κ3) is 11.6. The normalized spacial score (nSPS) is 20.4. The van der Waals surface area contributed by atoms with Crippen molar-refractivity contribution in [2.45, 2.75) is 147 Å². The minimum Gasteiger partial charge on any atom is -0.508 e. The molecule has 3 amide bonds. The van der Waals surface area contributed by atoms with E-state index >= 15 is 8.78 Å². The maximum absolute atomic E-state index is 17.1. The van der Waals surface area contributed by atoms with Crippen molar-refractivity contribution in [1.82, 2.24) is 45.2 Å². The summed E-state index contributed by atoms with van der Waals surface area (Å²) in [5.41, 5.74) is 3.02. The fraction of sp³-hybridized carbons (Fsp3) is 0.517. The zero-order valence-corrected chi connectivity index (χ0v) is 44.8. The van der Waals surface area contributed by atoms with E-state index in [0.717, 1.165) is 114 Å². The number of nitrogens with one attached hydrogen (secondary N) is 2. The lowest BCUT2D eigenvalue weighted by Gasteiger charge is -2.35. The number of nitrogens with zero attached hydrogens (tertiary/aromatic N) is 8. The number of aromatic nitrogens is 5. The SMILES string of the molecule is C#Cc1c(F)ccc2cc(O)cc(-c3ncc4c(N5CC6CCC(C5)N6)nc(OC5CCN(CCCCCCCCCC(=O)N6CCC(c7ccc8c(C9CCC(=O)NC9=O)nn(C)c8c7)CC6)CC5)nc4c3F)c12.CC. The molecule has 3 unspecified atom stereocenters. The van der Waals surface area contributed by atoms with Crippen molar-refractivity contribution in [3.8, 4) is 35.4 Å². The molecule has 3 aromatic heterocycles. The highest BCUT2D eigenvalue weighted by atomic mass is 19.1. The number of rotatable bonds is 16. The molecule has 8 heterocycles. The number of amides is 3. The lowest BCUT2D eigenvalue weighted by Crippen LogP contribution is -2.51. The number of aryl methyl sites for hydroxylation is 1. The summed E-state index contributed by atoms with van der Waals surface area (Å²) in [6.45, 7) is 9.74. The molecule has 3 N–H and O–H groups in total. The fourth-order valence-electron chi connectivity index (χ4n) is 12.5. The van der Waals surface area contributed by atoms with Crippen LogP contribution < -0.4 is 20.3 Å². The molecule has 17 heteroatoms. The predicted octanol–water partition coefficient (Wildman–Crippen LogP) is 9.55. The monoisotopic (exact) mass is 1050 g/mol. The number of hydrogen-bond acceptors (Lipinski definition) is 12. The Balaban J connectivity index is 0.00000332. The van der Waals surface area contributed by atoms with E-state index in [2.05, 4.69) is 49.5 Å². The number of aromatic hydroxyl groups is 1. The second-order valence-corrected chi connectivity index (χ2v) is 21.5. The van der Waals surface area contributed by atoms with E-state index in [1.165, 1.54) is 49.1 Å². The molecule has 11 rings (SSSR count). The largest absolute Gasteiger partial charge is 0.508 e. The van der Waals surface area contributed by atoms with Crippen LogP contribution in [0.5, 0.6) is 11.8 Å². The third-order valence-corrected chi connectivity index (χ3v) is 16.6. The molecule has 77 heavy (non-hydrogen) atoms. The Bertz CT molecular complexity index is 3180. The van der Waals surface area contributed by atoms with Crippen LogP contribution >= 0.6 is 0 Å². The average Bonchev–Trinajstić information content (AvgIpc) is 4.01. The number of anilines is 1. The van der Waals surface area contributed by atoms with E-state index in [9.17, 15) is 19.5 Å². The van der Waals surface area contributed by atoms with E-state index in [0.29, 0.717) is 66.9 Å². The number of piperidine rings is 3. The van der Waals surface area contributed by atoms with Crippen molar-refractivity contribution in [1.29, 1.82) is 0 Å². The Labute approximate surface area is 449 Å². The smallest absolute Gasteiger partial charge is 0.319 e. The second kappa shape index (κ2) is 23.9. The van der Waals surface area contributed by atoms with Gasteiger partial charge < -0.3 is 29.9 Å². The summed E-state index contributed by atoms with van der Waals surface area (Å²) < 4.78 is 40.4. The molecule has 3 atom stereocenters. The summed E-state index contributed by atoms with van der Waals surface area (Å²) in [5, 5.41) is 23.6. The number of carbonyl (C=O) groups excluding carboxylic acids is 3. The summed E-state index contributed by atoms with van der Waals surface area (Å²) in [6.07, 6.45) is 21.9. The number of benzene rings is 3. The number of hydrogen-bond donors (Lipinski definition) is 3. The Kier molecular flexibility index (Phi) is 16.6. The quantitative estimate of drug-likeness (QED) is 0.0477. The number of halogens is 2. The molecule has 0 spiro atoms. The van der Waals surface area contributed by atoms with E-state index in [4.69, 9.17) is 26.2 Å². The summed E-state index contributed by atoms with van der Waals surface area (Å²) in [7, 11) is 1.90. The molecular formula is C60H72F2N10O5. The molecule has 0 aliphatic carbocycles. The molecule has 406 valence electrons. The van der Waals surface area contributed by atoms with Crippen LogP contribution in [-0.2, 0) is 21.4 Å². The first-order chi connectivity index (χ1) is 37.5. The maximum atomic E-state index is 17.1. The standard InChI is InChI=1S/C58H66F2N10O5.C2H6/c1-3-42-47(59)18-13-37-29-40(71)31-45(51(37)42)54-52(60)55-46(32-61-54)56(70-33-38-14-15-39(34-70)62-38)65-58(64-55)75-41-22-25-68(26-23-41)24-10-8-6-4-5-7-9-11-50(73)69-27-20-35(21-28-69)36-12-16-43-48(30-36)67(2)66-53(43)44-17-19-49(72)63-57(44)74;1-2/h1,12-13,16,18,29-32,35,38-39,41,44,62,71H,4-11,14-15,17,19-28,33-34H2,2H3,(H,63,72,74);1-2H3.